The van der Waals surface area contributed by atoms with Crippen LogP contribution in [0.3, 0.4) is 0 Å². The fourth-order valence-electron chi connectivity index (χ4n) is 2.01. The lowest BCUT2D eigenvalue weighted by Gasteiger charge is -2.26. The van der Waals surface area contributed by atoms with Gasteiger partial charge in [0, 0.05) is 24.0 Å². The van der Waals surface area contributed by atoms with Gasteiger partial charge in [-0.05, 0) is 12.1 Å². The molecule has 0 aliphatic carbocycles. The molecule has 0 bridgehead atoms. The molecule has 3 rings (SSSR count). The summed E-state index contributed by atoms with van der Waals surface area (Å²) < 4.78 is 5.34. The number of anilines is 1. The van der Waals surface area contributed by atoms with Crippen molar-refractivity contribution in [3.63, 3.8) is 0 Å². The molecule has 19 heavy (non-hydrogen) atoms. The van der Waals surface area contributed by atoms with E-state index in [0.717, 1.165) is 42.7 Å². The van der Waals surface area contributed by atoms with E-state index in [9.17, 15) is 0 Å². The van der Waals surface area contributed by atoms with Crippen LogP contribution in [-0.2, 0) is 4.74 Å². The summed E-state index contributed by atoms with van der Waals surface area (Å²) in [6.07, 6.45) is 0. The Balaban J connectivity index is 1.81. The number of morpholine rings is 1. The highest BCUT2D eigenvalue weighted by Gasteiger charge is 2.15. The quantitative estimate of drug-likeness (QED) is 0.842. The van der Waals surface area contributed by atoms with Gasteiger partial charge in [-0.1, -0.05) is 12.1 Å². The van der Waals surface area contributed by atoms with Crippen molar-refractivity contribution in [2.45, 2.75) is 0 Å². The average molecular weight is 271 g/mol. The first-order valence-electron chi connectivity index (χ1n) is 6.15. The second-order valence-corrected chi connectivity index (χ2v) is 5.14. The zero-order valence-corrected chi connectivity index (χ0v) is 11.2. The Hall–Kier alpha value is -1.90. The molecule has 0 saturated carbocycles. The Labute approximate surface area is 115 Å². The van der Waals surface area contributed by atoms with E-state index in [1.54, 1.807) is 11.3 Å². The molecule has 1 aliphatic heterocycles. The van der Waals surface area contributed by atoms with E-state index < -0.39 is 0 Å². The van der Waals surface area contributed by atoms with Crippen LogP contribution < -0.4 is 4.90 Å². The first kappa shape index (κ1) is 12.2. The van der Waals surface area contributed by atoms with Gasteiger partial charge in [0.25, 0.3) is 0 Å². The van der Waals surface area contributed by atoms with E-state index in [4.69, 9.17) is 10.00 Å². The molecule has 4 nitrogen and oxygen atoms in total. The lowest BCUT2D eigenvalue weighted by molar-refractivity contribution is 0.122. The molecule has 0 unspecified atom stereocenters. The van der Waals surface area contributed by atoms with E-state index in [1.807, 2.05) is 24.3 Å². The van der Waals surface area contributed by atoms with Crippen molar-refractivity contribution >= 4 is 16.5 Å². The topological polar surface area (TPSA) is 49.2 Å². The lowest BCUT2D eigenvalue weighted by Crippen LogP contribution is -2.36. The van der Waals surface area contributed by atoms with E-state index in [-0.39, 0.29) is 0 Å². The van der Waals surface area contributed by atoms with Gasteiger partial charge >= 0.3 is 0 Å². The Kier molecular flexibility index (Phi) is 3.45. The maximum atomic E-state index is 8.79. The summed E-state index contributed by atoms with van der Waals surface area (Å²) in [5.41, 5.74) is 2.69. The van der Waals surface area contributed by atoms with E-state index >= 15 is 0 Å². The number of nitrogens with zero attached hydrogens (tertiary/aromatic N) is 3. The first-order valence-corrected chi connectivity index (χ1v) is 7.03. The van der Waals surface area contributed by atoms with Crippen LogP contribution in [0.2, 0.25) is 0 Å². The third-order valence-corrected chi connectivity index (χ3v) is 3.98. The number of ether oxygens (including phenoxy) is 1. The Morgan fingerprint density at radius 2 is 1.95 bits per heavy atom. The fourth-order valence-corrected chi connectivity index (χ4v) is 2.90. The van der Waals surface area contributed by atoms with Gasteiger partial charge in [-0.15, -0.1) is 11.3 Å². The second-order valence-electron chi connectivity index (χ2n) is 4.30. The predicted molar refractivity (Wildman–Crippen MR) is 75.3 cm³/mol. The van der Waals surface area contributed by atoms with Crippen LogP contribution in [0.15, 0.2) is 29.6 Å². The van der Waals surface area contributed by atoms with Crippen molar-refractivity contribution in [3.05, 3.63) is 35.2 Å². The minimum Gasteiger partial charge on any atom is -0.378 e. The highest BCUT2D eigenvalue weighted by Crippen LogP contribution is 2.27. The van der Waals surface area contributed by atoms with Gasteiger partial charge in [-0.2, -0.15) is 5.26 Å². The Morgan fingerprint density at radius 3 is 2.63 bits per heavy atom. The third-order valence-electron chi connectivity index (χ3n) is 3.08. The molecule has 96 valence electrons. The Bertz CT molecular complexity index is 594. The lowest BCUT2D eigenvalue weighted by atomic mass is 10.1. The van der Waals surface area contributed by atoms with Crippen LogP contribution >= 0.6 is 11.3 Å². The average Bonchev–Trinajstić information content (AvgIpc) is 2.98. The van der Waals surface area contributed by atoms with Crippen LogP contribution in [-0.4, -0.2) is 31.3 Å². The number of thiazole rings is 1. The van der Waals surface area contributed by atoms with Gasteiger partial charge < -0.3 is 9.64 Å². The van der Waals surface area contributed by atoms with E-state index in [1.165, 1.54) is 0 Å². The minimum absolute atomic E-state index is 0.674. The molecule has 2 aromatic rings. The van der Waals surface area contributed by atoms with Gasteiger partial charge in [0.15, 0.2) is 5.13 Å². The molecular weight excluding hydrogens is 258 g/mol. The van der Waals surface area contributed by atoms with Crippen LogP contribution in [0.1, 0.15) is 5.56 Å². The summed E-state index contributed by atoms with van der Waals surface area (Å²) in [4.78, 5) is 6.92. The van der Waals surface area contributed by atoms with E-state index in [2.05, 4.69) is 21.3 Å². The number of nitriles is 1. The van der Waals surface area contributed by atoms with Crippen LogP contribution in [0.4, 0.5) is 5.13 Å². The summed E-state index contributed by atoms with van der Waals surface area (Å²) in [5.74, 6) is 0. The zero-order valence-electron chi connectivity index (χ0n) is 10.4. The van der Waals surface area contributed by atoms with Gasteiger partial charge in [-0.3, -0.25) is 0 Å². The molecule has 0 N–H and O–H groups in total. The van der Waals surface area contributed by atoms with Gasteiger partial charge in [0.1, 0.15) is 0 Å². The predicted octanol–water partition coefficient (Wildman–Crippen LogP) is 2.52. The molecule has 1 aromatic heterocycles. The molecule has 0 amide bonds. The first-order chi connectivity index (χ1) is 9.36. The molecular formula is C14H13N3OS. The van der Waals surface area contributed by atoms with Crippen molar-refractivity contribution in [1.29, 1.82) is 5.26 Å². The smallest absolute Gasteiger partial charge is 0.186 e. The minimum atomic E-state index is 0.674. The van der Waals surface area contributed by atoms with Crippen molar-refractivity contribution < 1.29 is 4.74 Å². The molecule has 2 heterocycles. The molecule has 0 radical (unpaired) electrons. The largest absolute Gasteiger partial charge is 0.378 e. The van der Waals surface area contributed by atoms with Crippen LogP contribution in [0.25, 0.3) is 11.3 Å². The number of hydrogen-bond acceptors (Lipinski definition) is 5. The standard InChI is InChI=1S/C14H13N3OS/c15-9-11-1-3-12(4-2-11)13-10-19-14(16-13)17-5-7-18-8-6-17/h1-4,10H,5-8H2. The number of benzene rings is 1. The highest BCUT2D eigenvalue weighted by molar-refractivity contribution is 7.14. The second kappa shape index (κ2) is 5.39. The van der Waals surface area contributed by atoms with Gasteiger partial charge in [0.05, 0.1) is 30.5 Å². The Morgan fingerprint density at radius 1 is 1.21 bits per heavy atom. The molecule has 1 aliphatic rings. The molecule has 1 aromatic carbocycles. The summed E-state index contributed by atoms with van der Waals surface area (Å²) in [7, 11) is 0. The monoisotopic (exact) mass is 271 g/mol. The summed E-state index contributed by atoms with van der Waals surface area (Å²) >= 11 is 1.66. The van der Waals surface area contributed by atoms with Crippen molar-refractivity contribution in [2.75, 3.05) is 31.2 Å². The maximum Gasteiger partial charge on any atom is 0.186 e. The van der Waals surface area contributed by atoms with Crippen LogP contribution in [0, 0.1) is 11.3 Å². The molecule has 0 atom stereocenters. The van der Waals surface area contributed by atoms with Crippen molar-refractivity contribution in [3.8, 4) is 17.3 Å². The van der Waals surface area contributed by atoms with Gasteiger partial charge in [0.2, 0.25) is 0 Å². The van der Waals surface area contributed by atoms with Crippen molar-refractivity contribution in [1.82, 2.24) is 4.98 Å². The fraction of sp³-hybridized carbons (Fsp3) is 0.286. The van der Waals surface area contributed by atoms with Gasteiger partial charge in [-0.25, -0.2) is 4.98 Å². The third kappa shape index (κ3) is 2.60. The molecule has 0 spiro atoms. The summed E-state index contributed by atoms with van der Waals surface area (Å²) in [5, 5.41) is 11.9. The summed E-state index contributed by atoms with van der Waals surface area (Å²) in [6.45, 7) is 3.35. The highest BCUT2D eigenvalue weighted by atomic mass is 32.1. The molecule has 1 fully saturated rings. The SMILES string of the molecule is N#Cc1ccc(-c2csc(N3CCOCC3)n2)cc1. The molecule has 5 heteroatoms. The zero-order chi connectivity index (χ0) is 13.1. The van der Waals surface area contributed by atoms with Crippen molar-refractivity contribution in [2.24, 2.45) is 0 Å². The normalized spacial score (nSPS) is 15.2. The number of hydrogen-bond donors (Lipinski definition) is 0. The maximum absolute atomic E-state index is 8.79. The van der Waals surface area contributed by atoms with Crippen LogP contribution in [0.5, 0.6) is 0 Å². The molecule has 1 saturated heterocycles. The summed E-state index contributed by atoms with van der Waals surface area (Å²) in [6, 6.07) is 9.65. The van der Waals surface area contributed by atoms with E-state index in [0.29, 0.717) is 5.56 Å². The number of rotatable bonds is 2. The number of aromatic nitrogens is 1.